The zero-order valence-electron chi connectivity index (χ0n) is 17.8. The molecule has 0 aliphatic carbocycles. The molecule has 1 atom stereocenters. The van der Waals surface area contributed by atoms with Crippen LogP contribution in [0.15, 0.2) is 54.6 Å². The highest BCUT2D eigenvalue weighted by molar-refractivity contribution is 5.72. The van der Waals surface area contributed by atoms with E-state index in [0.29, 0.717) is 0 Å². The third kappa shape index (κ3) is 4.88. The molecular formula is C26H27FO3. The SMILES string of the molecule is COC(=O)Cc1cc(C)c(Cc2ccc(O)c(C(C)c3ccc(F)cc3)c2)c(C)c1. The number of carbonyl (C=O) groups excluding carboxylic acids is 1. The lowest BCUT2D eigenvalue weighted by Crippen LogP contribution is -2.06. The summed E-state index contributed by atoms with van der Waals surface area (Å²) in [6.45, 7) is 6.10. The first-order valence-corrected chi connectivity index (χ1v) is 10.0. The molecule has 0 fully saturated rings. The second-order valence-electron chi connectivity index (χ2n) is 7.80. The molecule has 0 heterocycles. The Morgan fingerprint density at radius 3 is 2.23 bits per heavy atom. The average Bonchev–Trinajstić information content (AvgIpc) is 2.72. The van der Waals surface area contributed by atoms with E-state index in [-0.39, 0.29) is 29.9 Å². The summed E-state index contributed by atoms with van der Waals surface area (Å²) in [5.74, 6) is -0.349. The molecule has 1 unspecified atom stereocenters. The van der Waals surface area contributed by atoms with Gasteiger partial charge < -0.3 is 9.84 Å². The van der Waals surface area contributed by atoms with Crippen LogP contribution in [0.3, 0.4) is 0 Å². The number of carbonyl (C=O) groups is 1. The Kier molecular flexibility index (Phi) is 6.56. The molecule has 0 spiro atoms. The van der Waals surface area contributed by atoms with Gasteiger partial charge in [0.15, 0.2) is 0 Å². The number of methoxy groups -OCH3 is 1. The Morgan fingerprint density at radius 2 is 1.63 bits per heavy atom. The fourth-order valence-electron chi connectivity index (χ4n) is 3.90. The third-order valence-electron chi connectivity index (χ3n) is 5.64. The number of phenolic OH excluding ortho intramolecular Hbond substituents is 1. The molecule has 3 aromatic rings. The van der Waals surface area contributed by atoms with Gasteiger partial charge in [-0.15, -0.1) is 0 Å². The quantitative estimate of drug-likeness (QED) is 0.542. The van der Waals surface area contributed by atoms with Crippen molar-refractivity contribution in [3.63, 3.8) is 0 Å². The second kappa shape index (κ2) is 9.12. The first kappa shape index (κ1) is 21.6. The highest BCUT2D eigenvalue weighted by atomic mass is 19.1. The highest BCUT2D eigenvalue weighted by Gasteiger charge is 2.15. The standard InChI is InChI=1S/C26H27FO3/c1-16-11-20(15-26(29)30-4)12-17(2)23(16)13-19-5-10-25(28)24(14-19)18(3)21-6-8-22(27)9-7-21/h5-12,14,18,28H,13,15H2,1-4H3. The second-order valence-corrected chi connectivity index (χ2v) is 7.80. The van der Waals surface area contributed by atoms with E-state index < -0.39 is 0 Å². The van der Waals surface area contributed by atoms with Gasteiger partial charge in [0.25, 0.3) is 0 Å². The number of esters is 1. The van der Waals surface area contributed by atoms with E-state index >= 15 is 0 Å². The molecule has 0 saturated heterocycles. The van der Waals surface area contributed by atoms with Gasteiger partial charge in [-0.05, 0) is 71.8 Å². The van der Waals surface area contributed by atoms with Crippen molar-refractivity contribution in [2.45, 2.75) is 39.5 Å². The normalized spacial score (nSPS) is 11.9. The number of hydrogen-bond acceptors (Lipinski definition) is 3. The molecule has 0 saturated carbocycles. The van der Waals surface area contributed by atoms with Gasteiger partial charge in [-0.25, -0.2) is 4.39 Å². The van der Waals surface area contributed by atoms with E-state index in [9.17, 15) is 14.3 Å². The fraction of sp³-hybridized carbons (Fsp3) is 0.269. The summed E-state index contributed by atoms with van der Waals surface area (Å²) in [4.78, 5) is 11.6. The minimum atomic E-state index is -0.273. The molecule has 0 bridgehead atoms. The molecule has 30 heavy (non-hydrogen) atoms. The lowest BCUT2D eigenvalue weighted by atomic mass is 9.88. The summed E-state index contributed by atoms with van der Waals surface area (Å²) in [5, 5.41) is 10.4. The van der Waals surface area contributed by atoms with Crippen LogP contribution in [0.2, 0.25) is 0 Å². The molecule has 0 amide bonds. The van der Waals surface area contributed by atoms with Gasteiger partial charge in [-0.2, -0.15) is 0 Å². The van der Waals surface area contributed by atoms with Gasteiger partial charge in [-0.3, -0.25) is 4.79 Å². The van der Waals surface area contributed by atoms with Gasteiger partial charge in [-0.1, -0.05) is 43.3 Å². The smallest absolute Gasteiger partial charge is 0.309 e. The largest absolute Gasteiger partial charge is 0.508 e. The predicted octanol–water partition coefficient (Wildman–Crippen LogP) is 5.61. The van der Waals surface area contributed by atoms with Crippen molar-refractivity contribution in [3.8, 4) is 5.75 Å². The molecule has 3 aromatic carbocycles. The van der Waals surface area contributed by atoms with Crippen molar-refractivity contribution in [3.05, 3.63) is 99.4 Å². The molecule has 0 aliphatic rings. The van der Waals surface area contributed by atoms with Crippen molar-refractivity contribution < 1.29 is 19.0 Å². The van der Waals surface area contributed by atoms with Crippen LogP contribution in [0.5, 0.6) is 5.75 Å². The summed E-state index contributed by atoms with van der Waals surface area (Å²) in [6.07, 6.45) is 0.983. The van der Waals surface area contributed by atoms with Crippen LogP contribution in [0.25, 0.3) is 0 Å². The van der Waals surface area contributed by atoms with E-state index in [1.165, 1.54) is 24.8 Å². The maximum Gasteiger partial charge on any atom is 0.309 e. The molecular weight excluding hydrogens is 379 g/mol. The van der Waals surface area contributed by atoms with Crippen LogP contribution in [0.4, 0.5) is 4.39 Å². The summed E-state index contributed by atoms with van der Waals surface area (Å²) in [7, 11) is 1.39. The van der Waals surface area contributed by atoms with E-state index in [4.69, 9.17) is 4.74 Å². The molecule has 0 aliphatic heterocycles. The van der Waals surface area contributed by atoms with Gasteiger partial charge >= 0.3 is 5.97 Å². The van der Waals surface area contributed by atoms with Crippen LogP contribution in [0.1, 0.15) is 51.8 Å². The van der Waals surface area contributed by atoms with Gasteiger partial charge in [0.2, 0.25) is 0 Å². The van der Waals surface area contributed by atoms with Crippen molar-refractivity contribution >= 4 is 5.97 Å². The molecule has 4 heteroatoms. The molecule has 3 nitrogen and oxygen atoms in total. The first-order valence-electron chi connectivity index (χ1n) is 10.0. The van der Waals surface area contributed by atoms with Crippen LogP contribution in [-0.4, -0.2) is 18.2 Å². The van der Waals surface area contributed by atoms with Gasteiger partial charge in [0.1, 0.15) is 11.6 Å². The average molecular weight is 406 g/mol. The topological polar surface area (TPSA) is 46.5 Å². The monoisotopic (exact) mass is 406 g/mol. The molecule has 3 rings (SSSR count). The molecule has 0 aromatic heterocycles. The molecule has 1 N–H and O–H groups in total. The lowest BCUT2D eigenvalue weighted by molar-refractivity contribution is -0.139. The minimum Gasteiger partial charge on any atom is -0.508 e. The van der Waals surface area contributed by atoms with Gasteiger partial charge in [0, 0.05) is 11.5 Å². The van der Waals surface area contributed by atoms with Crippen LogP contribution < -0.4 is 0 Å². The molecule has 0 radical (unpaired) electrons. The summed E-state index contributed by atoms with van der Waals surface area (Å²) >= 11 is 0. The Bertz CT molecular complexity index is 1030. The van der Waals surface area contributed by atoms with E-state index in [0.717, 1.165) is 39.8 Å². The number of aryl methyl sites for hydroxylation is 2. The fourth-order valence-corrected chi connectivity index (χ4v) is 3.90. The Labute approximate surface area is 177 Å². The van der Waals surface area contributed by atoms with Gasteiger partial charge in [0.05, 0.1) is 13.5 Å². The Balaban J connectivity index is 1.88. The minimum absolute atomic E-state index is 0.0600. The Hall–Kier alpha value is -3.14. The number of halogens is 1. The van der Waals surface area contributed by atoms with Crippen LogP contribution >= 0.6 is 0 Å². The predicted molar refractivity (Wildman–Crippen MR) is 116 cm³/mol. The number of benzene rings is 3. The lowest BCUT2D eigenvalue weighted by Gasteiger charge is -2.17. The zero-order chi connectivity index (χ0) is 21.8. The third-order valence-corrected chi connectivity index (χ3v) is 5.64. The zero-order valence-corrected chi connectivity index (χ0v) is 17.8. The number of ether oxygens (including phenoxy) is 1. The van der Waals surface area contributed by atoms with E-state index in [2.05, 4.69) is 0 Å². The maximum atomic E-state index is 13.3. The number of hydrogen-bond donors (Lipinski definition) is 1. The van der Waals surface area contributed by atoms with Crippen molar-refractivity contribution in [1.82, 2.24) is 0 Å². The number of aromatic hydroxyl groups is 1. The highest BCUT2D eigenvalue weighted by Crippen LogP contribution is 2.33. The van der Waals surface area contributed by atoms with Crippen molar-refractivity contribution in [2.75, 3.05) is 7.11 Å². The first-order chi connectivity index (χ1) is 14.3. The van der Waals surface area contributed by atoms with Crippen LogP contribution in [0, 0.1) is 19.7 Å². The summed E-state index contributed by atoms with van der Waals surface area (Å²) in [6, 6.07) is 16.1. The number of phenols is 1. The summed E-state index contributed by atoms with van der Waals surface area (Å²) in [5.41, 5.74) is 7.24. The van der Waals surface area contributed by atoms with Crippen molar-refractivity contribution in [1.29, 1.82) is 0 Å². The molecule has 156 valence electrons. The Morgan fingerprint density at radius 1 is 1.00 bits per heavy atom. The van der Waals surface area contributed by atoms with Crippen LogP contribution in [-0.2, 0) is 22.4 Å². The van der Waals surface area contributed by atoms with E-state index in [1.54, 1.807) is 18.2 Å². The number of rotatable bonds is 6. The summed E-state index contributed by atoms with van der Waals surface area (Å²) < 4.78 is 18.0. The van der Waals surface area contributed by atoms with E-state index in [1.807, 2.05) is 45.0 Å². The maximum absolute atomic E-state index is 13.3. The van der Waals surface area contributed by atoms with Crippen molar-refractivity contribution in [2.24, 2.45) is 0 Å².